The molecule has 126 valence electrons. The first-order chi connectivity index (χ1) is 11.6. The van der Waals surface area contributed by atoms with E-state index < -0.39 is 11.8 Å². The Balaban J connectivity index is 1.31. The fourth-order valence-corrected chi connectivity index (χ4v) is 4.19. The van der Waals surface area contributed by atoms with Crippen LogP contribution in [0.4, 0.5) is 9.59 Å². The summed E-state index contributed by atoms with van der Waals surface area (Å²) in [5, 5.41) is 4.18. The zero-order chi connectivity index (χ0) is 16.6. The summed E-state index contributed by atoms with van der Waals surface area (Å²) in [7, 11) is 0. The molecule has 0 aliphatic carbocycles. The molecule has 4 rings (SSSR count). The first kappa shape index (κ1) is 15.3. The van der Waals surface area contributed by atoms with Crippen molar-refractivity contribution in [3.8, 4) is 0 Å². The average Bonchev–Trinajstić information content (AvgIpc) is 3.17. The molecule has 2 amide bonds. The van der Waals surface area contributed by atoms with Gasteiger partial charge in [0.05, 0.1) is 6.54 Å². The molecule has 6 nitrogen and oxygen atoms in total. The molecule has 1 aromatic carbocycles. The number of fused-ring (bicyclic) bond motifs is 1. The van der Waals surface area contributed by atoms with Crippen molar-refractivity contribution in [3.05, 3.63) is 35.2 Å². The van der Waals surface area contributed by atoms with Crippen LogP contribution in [-0.4, -0.2) is 42.4 Å². The Morgan fingerprint density at radius 1 is 1.29 bits per heavy atom. The molecule has 7 heteroatoms. The van der Waals surface area contributed by atoms with Crippen LogP contribution in [0.15, 0.2) is 30.3 Å². The van der Waals surface area contributed by atoms with E-state index in [4.69, 9.17) is 9.47 Å². The van der Waals surface area contributed by atoms with Gasteiger partial charge in [-0.3, -0.25) is 0 Å². The molecule has 24 heavy (non-hydrogen) atoms. The Hall–Kier alpha value is -2.28. The van der Waals surface area contributed by atoms with Crippen LogP contribution in [0.25, 0.3) is 10.1 Å². The molecule has 2 aliphatic rings. The largest absolute Gasteiger partial charge is 0.509 e. The Bertz CT molecular complexity index is 747. The fourth-order valence-electron chi connectivity index (χ4n) is 3.19. The molecule has 2 aromatic rings. The van der Waals surface area contributed by atoms with E-state index in [0.29, 0.717) is 39.1 Å². The van der Waals surface area contributed by atoms with Crippen LogP contribution >= 0.6 is 11.3 Å². The monoisotopic (exact) mass is 346 g/mol. The van der Waals surface area contributed by atoms with Crippen molar-refractivity contribution in [2.45, 2.75) is 25.0 Å². The van der Waals surface area contributed by atoms with Crippen LogP contribution in [0, 0.1) is 0 Å². The van der Waals surface area contributed by atoms with Gasteiger partial charge in [-0.05, 0) is 17.5 Å². The topological polar surface area (TPSA) is 67.9 Å². The molecule has 0 radical (unpaired) electrons. The fraction of sp³-hybridized carbons (Fsp3) is 0.412. The number of urea groups is 1. The number of benzene rings is 1. The lowest BCUT2D eigenvalue weighted by Crippen LogP contribution is -2.50. The summed E-state index contributed by atoms with van der Waals surface area (Å²) in [6.07, 6.45) is 0.641. The lowest BCUT2D eigenvalue weighted by atomic mass is 9.92. The number of carbonyl (C=O) groups is 2. The van der Waals surface area contributed by atoms with Crippen molar-refractivity contribution < 1.29 is 19.1 Å². The predicted molar refractivity (Wildman–Crippen MR) is 90.0 cm³/mol. The molecular weight excluding hydrogens is 328 g/mol. The predicted octanol–water partition coefficient (Wildman–Crippen LogP) is 3.11. The number of piperidine rings is 1. The van der Waals surface area contributed by atoms with Crippen molar-refractivity contribution in [1.29, 1.82) is 0 Å². The third-order valence-electron chi connectivity index (χ3n) is 4.61. The van der Waals surface area contributed by atoms with Gasteiger partial charge in [0, 0.05) is 35.5 Å². The van der Waals surface area contributed by atoms with Crippen molar-refractivity contribution in [3.63, 3.8) is 0 Å². The number of hydrogen-bond donors (Lipinski definition) is 1. The van der Waals surface area contributed by atoms with E-state index in [-0.39, 0.29) is 6.03 Å². The van der Waals surface area contributed by atoms with Gasteiger partial charge in [0.15, 0.2) is 5.60 Å². The molecule has 0 bridgehead atoms. The molecule has 3 heterocycles. The van der Waals surface area contributed by atoms with Gasteiger partial charge in [-0.15, -0.1) is 11.3 Å². The number of rotatable bonds is 2. The van der Waals surface area contributed by atoms with Gasteiger partial charge in [0.2, 0.25) is 0 Å². The van der Waals surface area contributed by atoms with Crippen molar-refractivity contribution in [2.75, 3.05) is 19.7 Å². The van der Waals surface area contributed by atoms with Crippen LogP contribution in [0.1, 0.15) is 17.7 Å². The van der Waals surface area contributed by atoms with E-state index in [1.807, 2.05) is 12.1 Å². The molecule has 2 aliphatic heterocycles. The number of amides is 2. The minimum atomic E-state index is -0.599. The first-order valence-corrected chi connectivity index (χ1v) is 8.81. The molecule has 1 aromatic heterocycles. The molecule has 1 N–H and O–H groups in total. The number of likely N-dealkylation sites (tertiary alicyclic amines) is 1. The third-order valence-corrected chi connectivity index (χ3v) is 5.72. The van der Waals surface area contributed by atoms with E-state index in [1.165, 1.54) is 10.1 Å². The standard InChI is InChI=1S/C17H18N2O4S/c20-15(18-10-13-9-12-3-1-2-4-14(12)24-13)19-7-5-17(6-8-19)11-22-16(21)23-17/h1-4,9H,5-8,10-11H2,(H,18,20). The summed E-state index contributed by atoms with van der Waals surface area (Å²) >= 11 is 1.69. The van der Waals surface area contributed by atoms with Crippen LogP contribution in [0.5, 0.6) is 0 Å². The first-order valence-electron chi connectivity index (χ1n) is 8.00. The maximum atomic E-state index is 12.3. The maximum absolute atomic E-state index is 12.3. The Labute approximate surface area is 143 Å². The minimum absolute atomic E-state index is 0.0763. The van der Waals surface area contributed by atoms with Crippen LogP contribution in [0.3, 0.4) is 0 Å². The average molecular weight is 346 g/mol. The number of nitrogens with zero attached hydrogens (tertiary/aromatic N) is 1. The lowest BCUT2D eigenvalue weighted by Gasteiger charge is -2.36. The van der Waals surface area contributed by atoms with Crippen LogP contribution < -0.4 is 5.32 Å². The number of cyclic esters (lactones) is 1. The van der Waals surface area contributed by atoms with Crippen LogP contribution in [-0.2, 0) is 16.0 Å². The molecular formula is C17H18N2O4S. The molecule has 0 unspecified atom stereocenters. The summed E-state index contributed by atoms with van der Waals surface area (Å²) < 4.78 is 11.4. The number of nitrogens with one attached hydrogen (secondary N) is 1. The maximum Gasteiger partial charge on any atom is 0.509 e. The Kier molecular flexibility index (Phi) is 3.80. The number of carbonyl (C=O) groups excluding carboxylic acids is 2. The summed E-state index contributed by atoms with van der Waals surface area (Å²) in [4.78, 5) is 26.4. The Morgan fingerprint density at radius 3 is 2.79 bits per heavy atom. The minimum Gasteiger partial charge on any atom is -0.430 e. The molecule has 2 fully saturated rings. The van der Waals surface area contributed by atoms with Gasteiger partial charge < -0.3 is 19.7 Å². The van der Waals surface area contributed by atoms with E-state index in [2.05, 4.69) is 23.5 Å². The summed E-state index contributed by atoms with van der Waals surface area (Å²) in [6.45, 7) is 1.95. The second kappa shape index (κ2) is 5.98. The van der Waals surface area contributed by atoms with E-state index in [9.17, 15) is 9.59 Å². The van der Waals surface area contributed by atoms with Gasteiger partial charge in [0.1, 0.15) is 6.61 Å². The summed E-state index contributed by atoms with van der Waals surface area (Å²) in [6, 6.07) is 10.2. The van der Waals surface area contributed by atoms with Gasteiger partial charge >= 0.3 is 12.2 Å². The van der Waals surface area contributed by atoms with E-state index >= 15 is 0 Å². The SMILES string of the molecule is O=C1OCC2(CCN(C(=O)NCc3cc4ccccc4s3)CC2)O1. The highest BCUT2D eigenvalue weighted by Gasteiger charge is 2.45. The lowest BCUT2D eigenvalue weighted by molar-refractivity contribution is 0.00934. The molecule has 0 atom stereocenters. The van der Waals surface area contributed by atoms with Gasteiger partial charge in [-0.25, -0.2) is 9.59 Å². The highest BCUT2D eigenvalue weighted by Crippen LogP contribution is 2.31. The van der Waals surface area contributed by atoms with Crippen molar-refractivity contribution >= 4 is 33.6 Å². The second-order valence-corrected chi connectivity index (χ2v) is 7.39. The smallest absolute Gasteiger partial charge is 0.430 e. The number of hydrogen-bond acceptors (Lipinski definition) is 5. The highest BCUT2D eigenvalue weighted by atomic mass is 32.1. The normalized spacial score (nSPS) is 19.3. The zero-order valence-corrected chi connectivity index (χ0v) is 13.9. The molecule has 2 saturated heterocycles. The van der Waals surface area contributed by atoms with Crippen molar-refractivity contribution in [2.24, 2.45) is 0 Å². The van der Waals surface area contributed by atoms with Gasteiger partial charge in [-0.2, -0.15) is 0 Å². The zero-order valence-electron chi connectivity index (χ0n) is 13.1. The third kappa shape index (κ3) is 2.91. The van der Waals surface area contributed by atoms with Gasteiger partial charge in [-0.1, -0.05) is 18.2 Å². The van der Waals surface area contributed by atoms with Gasteiger partial charge in [0.25, 0.3) is 0 Å². The summed E-state index contributed by atoms with van der Waals surface area (Å²) in [5.41, 5.74) is -0.528. The second-order valence-electron chi connectivity index (χ2n) is 6.22. The van der Waals surface area contributed by atoms with E-state index in [1.54, 1.807) is 16.2 Å². The number of thiophene rings is 1. The van der Waals surface area contributed by atoms with Crippen LogP contribution in [0.2, 0.25) is 0 Å². The molecule has 0 saturated carbocycles. The number of ether oxygens (including phenoxy) is 2. The highest BCUT2D eigenvalue weighted by molar-refractivity contribution is 7.19. The summed E-state index contributed by atoms with van der Waals surface area (Å²) in [5.74, 6) is 0. The van der Waals surface area contributed by atoms with Crippen molar-refractivity contribution in [1.82, 2.24) is 10.2 Å². The Morgan fingerprint density at radius 2 is 2.08 bits per heavy atom. The molecule has 1 spiro atoms. The van der Waals surface area contributed by atoms with E-state index in [0.717, 1.165) is 4.88 Å². The quantitative estimate of drug-likeness (QED) is 0.849.